The molecule has 0 radical (unpaired) electrons. The predicted octanol–water partition coefficient (Wildman–Crippen LogP) is 4.86. The van der Waals surface area contributed by atoms with E-state index in [0.29, 0.717) is 18.7 Å². The van der Waals surface area contributed by atoms with Gasteiger partial charge in [-0.2, -0.15) is 0 Å². The van der Waals surface area contributed by atoms with Crippen molar-refractivity contribution in [1.82, 2.24) is 9.88 Å². The topological polar surface area (TPSA) is 37.8 Å². The SMILES string of the molecule is CC(C)OC[C@H]1CN(C2CCN(c3ccccn3)CC2)[C@@H](Cc2ccc(Cl)cc2)CO1.Cl. The number of hydrogen-bond acceptors (Lipinski definition) is 5. The molecular formula is C25H35Cl2N3O2. The second-order valence-corrected chi connectivity index (χ2v) is 9.36. The molecule has 1 aromatic carbocycles. The fraction of sp³-hybridized carbons (Fsp3) is 0.560. The van der Waals surface area contributed by atoms with E-state index >= 15 is 0 Å². The van der Waals surface area contributed by atoms with Crippen LogP contribution in [0.5, 0.6) is 0 Å². The first-order chi connectivity index (χ1) is 15.1. The van der Waals surface area contributed by atoms with Crippen molar-refractivity contribution in [2.75, 3.05) is 37.7 Å². The molecule has 0 unspecified atom stereocenters. The first-order valence-corrected chi connectivity index (χ1v) is 11.9. The summed E-state index contributed by atoms with van der Waals surface area (Å²) in [7, 11) is 0. The number of ether oxygens (including phenoxy) is 2. The van der Waals surface area contributed by atoms with Gasteiger partial charge in [0.2, 0.25) is 0 Å². The first kappa shape index (κ1) is 25.3. The summed E-state index contributed by atoms with van der Waals surface area (Å²) in [6.07, 6.45) is 5.51. The fourth-order valence-corrected chi connectivity index (χ4v) is 4.79. The van der Waals surface area contributed by atoms with Gasteiger partial charge in [0.1, 0.15) is 5.82 Å². The quantitative estimate of drug-likeness (QED) is 0.566. The van der Waals surface area contributed by atoms with Crippen molar-refractivity contribution in [3.63, 3.8) is 0 Å². The van der Waals surface area contributed by atoms with E-state index < -0.39 is 0 Å². The molecule has 0 spiro atoms. The number of nitrogens with zero attached hydrogens (tertiary/aromatic N) is 3. The van der Waals surface area contributed by atoms with Crippen molar-refractivity contribution in [3.8, 4) is 0 Å². The van der Waals surface area contributed by atoms with Gasteiger partial charge < -0.3 is 14.4 Å². The van der Waals surface area contributed by atoms with Crippen LogP contribution in [0.1, 0.15) is 32.3 Å². The Kier molecular flexibility index (Phi) is 9.62. The molecule has 7 heteroatoms. The van der Waals surface area contributed by atoms with Crippen LogP contribution in [0.15, 0.2) is 48.7 Å². The van der Waals surface area contributed by atoms with Gasteiger partial charge in [-0.05, 0) is 62.9 Å². The molecule has 4 rings (SSSR count). The molecule has 2 aliphatic heterocycles. The molecule has 1 aromatic heterocycles. The normalized spacial score (nSPS) is 22.7. The lowest BCUT2D eigenvalue weighted by Gasteiger charge is -2.47. The molecule has 2 atom stereocenters. The molecule has 3 heterocycles. The molecule has 0 amide bonds. The monoisotopic (exact) mass is 479 g/mol. The van der Waals surface area contributed by atoms with Crippen LogP contribution in [0, 0.1) is 0 Å². The predicted molar refractivity (Wildman–Crippen MR) is 133 cm³/mol. The minimum absolute atomic E-state index is 0. The zero-order chi connectivity index (χ0) is 21.6. The molecule has 2 aliphatic rings. The fourth-order valence-electron chi connectivity index (χ4n) is 4.66. The third kappa shape index (κ3) is 6.82. The molecule has 2 aromatic rings. The van der Waals surface area contributed by atoms with Gasteiger partial charge in [0.15, 0.2) is 0 Å². The van der Waals surface area contributed by atoms with E-state index in [0.717, 1.165) is 56.3 Å². The second-order valence-electron chi connectivity index (χ2n) is 8.92. The number of pyridine rings is 1. The Balaban J connectivity index is 0.00000289. The van der Waals surface area contributed by atoms with E-state index in [1.165, 1.54) is 5.56 Å². The molecule has 0 N–H and O–H groups in total. The summed E-state index contributed by atoms with van der Waals surface area (Å²) in [5.41, 5.74) is 1.31. The van der Waals surface area contributed by atoms with Gasteiger partial charge >= 0.3 is 0 Å². The van der Waals surface area contributed by atoms with Crippen molar-refractivity contribution in [1.29, 1.82) is 0 Å². The van der Waals surface area contributed by atoms with Gasteiger partial charge in [-0.15, -0.1) is 12.4 Å². The van der Waals surface area contributed by atoms with Gasteiger partial charge in [-0.25, -0.2) is 4.98 Å². The van der Waals surface area contributed by atoms with Crippen molar-refractivity contribution in [2.45, 2.75) is 57.4 Å². The first-order valence-electron chi connectivity index (χ1n) is 11.5. The Hall–Kier alpha value is -1.37. The number of rotatable bonds is 7. The van der Waals surface area contributed by atoms with Crippen LogP contribution < -0.4 is 4.90 Å². The maximum Gasteiger partial charge on any atom is 0.128 e. The van der Waals surface area contributed by atoms with Crippen LogP contribution >= 0.6 is 24.0 Å². The van der Waals surface area contributed by atoms with Crippen LogP contribution in [-0.2, 0) is 15.9 Å². The highest BCUT2D eigenvalue weighted by molar-refractivity contribution is 6.30. The molecule has 2 saturated heterocycles. The summed E-state index contributed by atoms with van der Waals surface area (Å²) >= 11 is 6.09. The van der Waals surface area contributed by atoms with Crippen molar-refractivity contribution in [3.05, 3.63) is 59.2 Å². The van der Waals surface area contributed by atoms with E-state index in [1.807, 2.05) is 24.4 Å². The number of benzene rings is 1. The molecule has 176 valence electrons. The van der Waals surface area contributed by atoms with Crippen LogP contribution in [-0.4, -0.2) is 67.0 Å². The van der Waals surface area contributed by atoms with Crippen LogP contribution in [0.25, 0.3) is 0 Å². The second kappa shape index (κ2) is 12.2. The smallest absolute Gasteiger partial charge is 0.128 e. The van der Waals surface area contributed by atoms with Crippen molar-refractivity contribution < 1.29 is 9.47 Å². The Bertz CT molecular complexity index is 799. The standard InChI is InChI=1S/C25H34ClN3O2.ClH/c1-19(2)30-18-24-16-29(23(17-31-24)15-20-6-8-21(26)9-7-20)22-10-13-28(14-11-22)25-5-3-4-12-27-25;/h3-9,12,19,22-24H,10-11,13-18H2,1-2H3;1H/t23-,24+;/m0./s1. The zero-order valence-corrected chi connectivity index (χ0v) is 20.6. The number of piperidine rings is 1. The molecular weight excluding hydrogens is 445 g/mol. The average Bonchev–Trinajstić information content (AvgIpc) is 2.80. The van der Waals surface area contributed by atoms with Crippen molar-refractivity contribution >= 4 is 29.8 Å². The highest BCUT2D eigenvalue weighted by atomic mass is 35.5. The number of morpholine rings is 1. The van der Waals surface area contributed by atoms with Gasteiger partial charge in [0, 0.05) is 42.9 Å². The van der Waals surface area contributed by atoms with Crippen LogP contribution in [0.3, 0.4) is 0 Å². The molecule has 5 nitrogen and oxygen atoms in total. The van der Waals surface area contributed by atoms with Gasteiger partial charge in [0.25, 0.3) is 0 Å². The van der Waals surface area contributed by atoms with Gasteiger partial charge in [-0.1, -0.05) is 29.8 Å². The van der Waals surface area contributed by atoms with E-state index in [-0.39, 0.29) is 24.6 Å². The molecule has 0 aliphatic carbocycles. The Labute approximate surface area is 203 Å². The third-order valence-electron chi connectivity index (χ3n) is 6.31. The summed E-state index contributed by atoms with van der Waals surface area (Å²) in [5, 5.41) is 0.785. The summed E-state index contributed by atoms with van der Waals surface area (Å²) in [6.45, 7) is 8.58. The molecule has 0 saturated carbocycles. The zero-order valence-electron chi connectivity index (χ0n) is 19.0. The Morgan fingerprint density at radius 1 is 1.12 bits per heavy atom. The molecule has 32 heavy (non-hydrogen) atoms. The van der Waals surface area contributed by atoms with E-state index in [2.05, 4.69) is 52.9 Å². The summed E-state index contributed by atoms with van der Waals surface area (Å²) in [4.78, 5) is 9.64. The van der Waals surface area contributed by atoms with Gasteiger partial charge in [0.05, 0.1) is 25.4 Å². The Morgan fingerprint density at radius 3 is 2.53 bits per heavy atom. The lowest BCUT2D eigenvalue weighted by Crippen LogP contribution is -2.58. The average molecular weight is 480 g/mol. The van der Waals surface area contributed by atoms with E-state index in [1.54, 1.807) is 0 Å². The van der Waals surface area contributed by atoms with Crippen LogP contribution in [0.4, 0.5) is 5.82 Å². The van der Waals surface area contributed by atoms with E-state index in [4.69, 9.17) is 21.1 Å². The Morgan fingerprint density at radius 2 is 1.88 bits per heavy atom. The van der Waals surface area contributed by atoms with E-state index in [9.17, 15) is 0 Å². The summed E-state index contributed by atoms with van der Waals surface area (Å²) in [5.74, 6) is 1.09. The summed E-state index contributed by atoms with van der Waals surface area (Å²) in [6, 6.07) is 15.3. The molecule has 2 fully saturated rings. The number of halogens is 2. The lowest BCUT2D eigenvalue weighted by atomic mass is 9.96. The number of aromatic nitrogens is 1. The largest absolute Gasteiger partial charge is 0.376 e. The minimum Gasteiger partial charge on any atom is -0.376 e. The summed E-state index contributed by atoms with van der Waals surface area (Å²) < 4.78 is 12.1. The third-order valence-corrected chi connectivity index (χ3v) is 6.57. The minimum atomic E-state index is 0. The van der Waals surface area contributed by atoms with Crippen molar-refractivity contribution in [2.24, 2.45) is 0 Å². The maximum atomic E-state index is 6.24. The molecule has 0 bridgehead atoms. The van der Waals surface area contributed by atoms with Gasteiger partial charge in [-0.3, -0.25) is 4.90 Å². The lowest BCUT2D eigenvalue weighted by molar-refractivity contribution is -0.114. The van der Waals surface area contributed by atoms with Crippen LogP contribution in [0.2, 0.25) is 5.02 Å². The highest BCUT2D eigenvalue weighted by Crippen LogP contribution is 2.27. The number of hydrogen-bond donors (Lipinski definition) is 0. The maximum absolute atomic E-state index is 6.24. The highest BCUT2D eigenvalue weighted by Gasteiger charge is 2.35. The number of anilines is 1.